The Morgan fingerprint density at radius 1 is 1.18 bits per heavy atom. The first-order valence-corrected chi connectivity index (χ1v) is 10.6. The van der Waals surface area contributed by atoms with Crippen molar-refractivity contribution in [3.05, 3.63) is 50.1 Å². The van der Waals surface area contributed by atoms with Crippen LogP contribution in [0.1, 0.15) is 26.4 Å². The van der Waals surface area contributed by atoms with Crippen molar-refractivity contribution in [2.75, 3.05) is 13.1 Å². The van der Waals surface area contributed by atoms with Gasteiger partial charge in [0.2, 0.25) is 0 Å². The normalized spacial score (nSPS) is 11.3. The van der Waals surface area contributed by atoms with E-state index < -0.39 is 0 Å². The lowest BCUT2D eigenvalue weighted by atomic mass is 10.3. The first kappa shape index (κ1) is 22.8. The fourth-order valence-corrected chi connectivity index (χ4v) is 3.97. The summed E-state index contributed by atoms with van der Waals surface area (Å²) < 4.78 is 1.96. The topological polar surface area (TPSA) is 80.0 Å². The van der Waals surface area contributed by atoms with Gasteiger partial charge in [0.25, 0.3) is 0 Å². The number of rotatable bonds is 8. The molecule has 0 atom stereocenters. The fourth-order valence-electron chi connectivity index (χ4n) is 2.48. The molecule has 3 aromatic heterocycles. The standard InChI is InChI=1S/C18H25N7S2.HI/c1-13-11-21-17(27-13)7-9-20-18(19-8-6-15-5-4-10-26-15)22-12-16-24-23-14(2)25(16)3;/h4-5,10-11H,6-9,12H2,1-3H3,(H2,19,20,22);1H. The molecule has 2 N–H and O–H groups in total. The Labute approximate surface area is 190 Å². The highest BCUT2D eigenvalue weighted by atomic mass is 127. The summed E-state index contributed by atoms with van der Waals surface area (Å²) in [6.07, 6.45) is 3.78. The third-order valence-electron chi connectivity index (χ3n) is 4.11. The minimum absolute atomic E-state index is 0. The maximum atomic E-state index is 4.68. The van der Waals surface area contributed by atoms with E-state index in [0.717, 1.165) is 48.5 Å². The van der Waals surface area contributed by atoms with Crippen molar-refractivity contribution in [1.82, 2.24) is 30.4 Å². The number of nitrogens with zero attached hydrogens (tertiary/aromatic N) is 5. The van der Waals surface area contributed by atoms with Crippen LogP contribution >= 0.6 is 46.7 Å². The summed E-state index contributed by atoms with van der Waals surface area (Å²) in [5.74, 6) is 2.53. The van der Waals surface area contributed by atoms with Crippen molar-refractivity contribution in [2.24, 2.45) is 12.0 Å². The molecule has 0 unspecified atom stereocenters. The van der Waals surface area contributed by atoms with Crippen LogP contribution in [0.3, 0.4) is 0 Å². The second kappa shape index (κ2) is 11.5. The average Bonchev–Trinajstić information content (AvgIpc) is 3.38. The number of guanidine groups is 1. The minimum atomic E-state index is 0. The van der Waals surface area contributed by atoms with Crippen molar-refractivity contribution in [1.29, 1.82) is 0 Å². The number of nitrogens with one attached hydrogen (secondary N) is 2. The number of aryl methyl sites for hydroxylation is 2. The van der Waals surface area contributed by atoms with Crippen LogP contribution in [0.4, 0.5) is 0 Å². The van der Waals surface area contributed by atoms with Gasteiger partial charge >= 0.3 is 0 Å². The Balaban J connectivity index is 0.00000280. The van der Waals surface area contributed by atoms with E-state index in [2.05, 4.69) is 55.2 Å². The predicted octanol–water partition coefficient (Wildman–Crippen LogP) is 3.09. The monoisotopic (exact) mass is 531 g/mol. The van der Waals surface area contributed by atoms with Gasteiger partial charge in [0, 0.05) is 42.5 Å². The van der Waals surface area contributed by atoms with Gasteiger partial charge in [-0.05, 0) is 31.7 Å². The number of halogens is 1. The van der Waals surface area contributed by atoms with Crippen LogP contribution in [0.15, 0.2) is 28.7 Å². The van der Waals surface area contributed by atoms with Crippen LogP contribution in [0, 0.1) is 13.8 Å². The first-order valence-electron chi connectivity index (χ1n) is 8.92. The van der Waals surface area contributed by atoms with E-state index in [9.17, 15) is 0 Å². The van der Waals surface area contributed by atoms with Gasteiger partial charge in [-0.2, -0.15) is 0 Å². The molecule has 0 radical (unpaired) electrons. The molecule has 0 aliphatic heterocycles. The summed E-state index contributed by atoms with van der Waals surface area (Å²) in [4.78, 5) is 11.7. The lowest BCUT2D eigenvalue weighted by molar-refractivity contribution is 0.745. The zero-order valence-corrected chi connectivity index (χ0v) is 20.3. The van der Waals surface area contributed by atoms with Crippen LogP contribution in [0.25, 0.3) is 0 Å². The Kier molecular flexibility index (Phi) is 9.32. The zero-order chi connectivity index (χ0) is 19.1. The molecule has 0 fully saturated rings. The molecule has 0 aromatic carbocycles. The fraction of sp³-hybridized carbons (Fsp3) is 0.444. The largest absolute Gasteiger partial charge is 0.356 e. The van der Waals surface area contributed by atoms with E-state index in [0.29, 0.717) is 6.54 Å². The minimum Gasteiger partial charge on any atom is -0.356 e. The van der Waals surface area contributed by atoms with E-state index >= 15 is 0 Å². The number of thiazole rings is 1. The molecule has 7 nitrogen and oxygen atoms in total. The summed E-state index contributed by atoms with van der Waals surface area (Å²) >= 11 is 3.52. The molecule has 0 aliphatic rings. The maximum absolute atomic E-state index is 4.68. The van der Waals surface area contributed by atoms with E-state index in [1.807, 2.05) is 24.7 Å². The highest BCUT2D eigenvalue weighted by Gasteiger charge is 2.06. The van der Waals surface area contributed by atoms with Gasteiger partial charge in [-0.25, -0.2) is 9.98 Å². The second-order valence-electron chi connectivity index (χ2n) is 6.18. The lowest BCUT2D eigenvalue weighted by Gasteiger charge is -2.12. The molecule has 152 valence electrons. The molecule has 0 amide bonds. The number of aromatic nitrogens is 4. The van der Waals surface area contributed by atoms with Crippen molar-refractivity contribution in [3.8, 4) is 0 Å². The molecule has 0 saturated carbocycles. The molecule has 0 bridgehead atoms. The number of thiophene rings is 1. The van der Waals surface area contributed by atoms with Crippen LogP contribution < -0.4 is 10.6 Å². The van der Waals surface area contributed by atoms with Crippen LogP contribution in [0.2, 0.25) is 0 Å². The summed E-state index contributed by atoms with van der Waals surface area (Å²) in [6, 6.07) is 4.24. The van der Waals surface area contributed by atoms with Gasteiger partial charge in [0.15, 0.2) is 11.8 Å². The third kappa shape index (κ3) is 6.82. The van der Waals surface area contributed by atoms with Crippen LogP contribution in [-0.2, 0) is 26.4 Å². The van der Waals surface area contributed by atoms with Gasteiger partial charge in [-0.15, -0.1) is 56.8 Å². The summed E-state index contributed by atoms with van der Waals surface area (Å²) in [5.41, 5.74) is 0. The Morgan fingerprint density at radius 3 is 2.57 bits per heavy atom. The molecule has 10 heteroatoms. The van der Waals surface area contributed by atoms with Crippen LogP contribution in [-0.4, -0.2) is 38.8 Å². The van der Waals surface area contributed by atoms with Gasteiger partial charge in [-0.3, -0.25) is 0 Å². The summed E-state index contributed by atoms with van der Waals surface area (Å²) in [7, 11) is 1.96. The molecule has 28 heavy (non-hydrogen) atoms. The van der Waals surface area contributed by atoms with E-state index in [1.165, 1.54) is 9.75 Å². The highest BCUT2D eigenvalue weighted by Crippen LogP contribution is 2.11. The second-order valence-corrected chi connectivity index (χ2v) is 8.54. The molecular weight excluding hydrogens is 505 g/mol. The predicted molar refractivity (Wildman–Crippen MR) is 127 cm³/mol. The van der Waals surface area contributed by atoms with Crippen molar-refractivity contribution < 1.29 is 0 Å². The number of hydrogen-bond acceptors (Lipinski definition) is 6. The maximum Gasteiger partial charge on any atom is 0.191 e. The molecule has 3 heterocycles. The smallest absolute Gasteiger partial charge is 0.191 e. The van der Waals surface area contributed by atoms with Crippen molar-refractivity contribution in [3.63, 3.8) is 0 Å². The van der Waals surface area contributed by atoms with Gasteiger partial charge in [0.05, 0.1) is 5.01 Å². The number of hydrogen-bond donors (Lipinski definition) is 2. The molecule has 3 aromatic rings. The SMILES string of the molecule is Cc1cnc(CCNC(=NCc2nnc(C)n2C)NCCc2cccs2)s1.I. The van der Waals surface area contributed by atoms with Gasteiger partial charge in [0.1, 0.15) is 12.4 Å². The summed E-state index contributed by atoms with van der Waals surface area (Å²) in [6.45, 7) is 6.13. The number of aliphatic imine (C=N–C) groups is 1. The molecular formula is C18H26IN7S2. The van der Waals surface area contributed by atoms with Crippen molar-refractivity contribution >= 4 is 52.6 Å². The lowest BCUT2D eigenvalue weighted by Crippen LogP contribution is -2.39. The third-order valence-corrected chi connectivity index (χ3v) is 6.01. The van der Waals surface area contributed by atoms with E-state index in [-0.39, 0.29) is 24.0 Å². The Hall–Kier alpha value is -1.53. The van der Waals surface area contributed by atoms with Crippen LogP contribution in [0.5, 0.6) is 0 Å². The highest BCUT2D eigenvalue weighted by molar-refractivity contribution is 14.0. The van der Waals surface area contributed by atoms with Gasteiger partial charge in [-0.1, -0.05) is 6.07 Å². The Morgan fingerprint density at radius 2 is 1.96 bits per heavy atom. The zero-order valence-electron chi connectivity index (χ0n) is 16.3. The Bertz CT molecular complexity index is 871. The average molecular weight is 531 g/mol. The molecule has 3 rings (SSSR count). The molecule has 0 spiro atoms. The van der Waals surface area contributed by atoms with Crippen molar-refractivity contribution in [2.45, 2.75) is 33.2 Å². The molecule has 0 aliphatic carbocycles. The quantitative estimate of drug-likeness (QED) is 0.265. The van der Waals surface area contributed by atoms with Gasteiger partial charge < -0.3 is 15.2 Å². The first-order chi connectivity index (χ1) is 13.1. The van der Waals surface area contributed by atoms with E-state index in [4.69, 9.17) is 0 Å². The summed E-state index contributed by atoms with van der Waals surface area (Å²) in [5, 5.41) is 18.3. The van der Waals surface area contributed by atoms with E-state index in [1.54, 1.807) is 22.7 Å². The molecule has 0 saturated heterocycles.